The minimum atomic E-state index is -0.703. The third kappa shape index (κ3) is 1.99. The maximum atomic E-state index is 13.3. The third-order valence-corrected chi connectivity index (χ3v) is 2.55. The highest BCUT2D eigenvalue weighted by Gasteiger charge is 2.14. The molecule has 0 saturated carbocycles. The van der Waals surface area contributed by atoms with Crippen LogP contribution in [-0.4, -0.2) is 0 Å². The highest BCUT2D eigenvalue weighted by atomic mass is 35.5. The molecule has 0 saturated heterocycles. The van der Waals surface area contributed by atoms with E-state index in [4.69, 9.17) is 11.6 Å². The van der Waals surface area contributed by atoms with Gasteiger partial charge in [-0.15, -0.1) is 0 Å². The molecule has 0 aliphatic heterocycles. The van der Waals surface area contributed by atoms with E-state index < -0.39 is 16.7 Å². The first-order valence-corrected chi connectivity index (χ1v) is 4.59. The Morgan fingerprint density at radius 2 is 2.00 bits per heavy atom. The lowest BCUT2D eigenvalue weighted by atomic mass is 9.98. The van der Waals surface area contributed by atoms with E-state index in [1.807, 2.05) is 13.8 Å². The van der Waals surface area contributed by atoms with Gasteiger partial charge in [-0.1, -0.05) is 31.5 Å². The number of hydrogen-bond acceptors (Lipinski definition) is 0. The summed E-state index contributed by atoms with van der Waals surface area (Å²) >= 11 is 5.43. The molecule has 0 radical (unpaired) electrons. The van der Waals surface area contributed by atoms with E-state index in [0.717, 1.165) is 6.42 Å². The van der Waals surface area contributed by atoms with E-state index in [1.54, 1.807) is 0 Å². The zero-order valence-electron chi connectivity index (χ0n) is 7.57. The maximum Gasteiger partial charge on any atom is 0.148 e. The Morgan fingerprint density at radius 3 is 2.54 bits per heavy atom. The van der Waals surface area contributed by atoms with Crippen LogP contribution >= 0.6 is 11.6 Å². The summed E-state index contributed by atoms with van der Waals surface area (Å²) in [5.74, 6) is -1.26. The fraction of sp³-hybridized carbons (Fsp3) is 0.400. The highest BCUT2D eigenvalue weighted by Crippen LogP contribution is 2.28. The summed E-state index contributed by atoms with van der Waals surface area (Å²) in [6.45, 7) is 3.83. The number of benzene rings is 1. The monoisotopic (exact) mass is 204 g/mol. The molecular weight excluding hydrogens is 194 g/mol. The third-order valence-electron chi connectivity index (χ3n) is 2.21. The molecule has 1 unspecified atom stereocenters. The summed E-state index contributed by atoms with van der Waals surface area (Å²) in [7, 11) is 0. The molecule has 0 fully saturated rings. The molecule has 13 heavy (non-hydrogen) atoms. The number of rotatable bonds is 2. The van der Waals surface area contributed by atoms with Crippen molar-refractivity contribution < 1.29 is 8.78 Å². The molecule has 0 bridgehead atoms. The standard InChI is InChI=1S/C10H11ClF2/c1-3-6(2)7-4-5-8(12)9(11)10(7)13/h4-6H,3H2,1-2H3. The Balaban J connectivity index is 3.18. The van der Waals surface area contributed by atoms with Crippen molar-refractivity contribution in [3.63, 3.8) is 0 Å². The van der Waals surface area contributed by atoms with Crippen molar-refractivity contribution in [3.8, 4) is 0 Å². The predicted molar refractivity (Wildman–Crippen MR) is 50.1 cm³/mol. The molecule has 0 heterocycles. The maximum absolute atomic E-state index is 13.3. The molecule has 1 rings (SSSR count). The molecule has 1 atom stereocenters. The summed E-state index contributed by atoms with van der Waals surface area (Å²) in [6, 6.07) is 2.65. The zero-order valence-corrected chi connectivity index (χ0v) is 8.33. The van der Waals surface area contributed by atoms with Crippen LogP contribution in [0.1, 0.15) is 31.7 Å². The van der Waals surface area contributed by atoms with Crippen molar-refractivity contribution in [3.05, 3.63) is 34.4 Å². The van der Waals surface area contributed by atoms with Gasteiger partial charge in [-0.25, -0.2) is 8.78 Å². The van der Waals surface area contributed by atoms with E-state index >= 15 is 0 Å². The first-order valence-electron chi connectivity index (χ1n) is 4.21. The molecule has 0 nitrogen and oxygen atoms in total. The Morgan fingerprint density at radius 1 is 1.38 bits per heavy atom. The van der Waals surface area contributed by atoms with Gasteiger partial charge in [-0.05, 0) is 24.0 Å². The van der Waals surface area contributed by atoms with E-state index in [2.05, 4.69) is 0 Å². The van der Waals surface area contributed by atoms with Crippen LogP contribution in [0, 0.1) is 11.6 Å². The van der Waals surface area contributed by atoms with Gasteiger partial charge in [-0.2, -0.15) is 0 Å². The van der Waals surface area contributed by atoms with Gasteiger partial charge in [-0.3, -0.25) is 0 Å². The molecule has 0 N–H and O–H groups in total. The lowest BCUT2D eigenvalue weighted by Crippen LogP contribution is -1.97. The van der Waals surface area contributed by atoms with Crippen LogP contribution in [0.4, 0.5) is 8.78 Å². The Bertz CT molecular complexity index is 310. The van der Waals surface area contributed by atoms with Crippen LogP contribution < -0.4 is 0 Å². The average Bonchev–Trinajstić information content (AvgIpc) is 2.13. The van der Waals surface area contributed by atoms with Gasteiger partial charge in [0.2, 0.25) is 0 Å². The zero-order chi connectivity index (χ0) is 10.0. The summed E-state index contributed by atoms with van der Waals surface area (Å²) in [6.07, 6.45) is 0.804. The minimum absolute atomic E-state index is 0.0677. The topological polar surface area (TPSA) is 0 Å². The predicted octanol–water partition coefficient (Wildman–Crippen LogP) is 4.13. The smallest absolute Gasteiger partial charge is 0.148 e. The van der Waals surface area contributed by atoms with Crippen LogP contribution in [0.3, 0.4) is 0 Å². The largest absolute Gasteiger partial charge is 0.205 e. The average molecular weight is 205 g/mol. The molecule has 0 amide bonds. The van der Waals surface area contributed by atoms with E-state index in [9.17, 15) is 8.78 Å². The van der Waals surface area contributed by atoms with Crippen molar-refractivity contribution in [2.75, 3.05) is 0 Å². The van der Waals surface area contributed by atoms with Crippen molar-refractivity contribution in [1.29, 1.82) is 0 Å². The second-order valence-electron chi connectivity index (χ2n) is 3.07. The van der Waals surface area contributed by atoms with Crippen molar-refractivity contribution in [2.24, 2.45) is 0 Å². The molecule has 0 aromatic heterocycles. The van der Waals surface area contributed by atoms with Crippen molar-refractivity contribution in [1.82, 2.24) is 0 Å². The van der Waals surface area contributed by atoms with Gasteiger partial charge in [0.1, 0.15) is 16.7 Å². The van der Waals surface area contributed by atoms with Gasteiger partial charge in [0, 0.05) is 0 Å². The van der Waals surface area contributed by atoms with Crippen LogP contribution in [0.15, 0.2) is 12.1 Å². The lowest BCUT2D eigenvalue weighted by Gasteiger charge is -2.10. The highest BCUT2D eigenvalue weighted by molar-refractivity contribution is 6.30. The van der Waals surface area contributed by atoms with E-state index in [-0.39, 0.29) is 5.92 Å². The first-order chi connectivity index (χ1) is 6.07. The quantitative estimate of drug-likeness (QED) is 0.636. The van der Waals surface area contributed by atoms with Gasteiger partial charge < -0.3 is 0 Å². The van der Waals surface area contributed by atoms with Gasteiger partial charge in [0.05, 0.1) is 0 Å². The molecule has 0 aliphatic carbocycles. The normalized spacial score (nSPS) is 13.0. The molecule has 72 valence electrons. The van der Waals surface area contributed by atoms with Crippen molar-refractivity contribution in [2.45, 2.75) is 26.2 Å². The van der Waals surface area contributed by atoms with E-state index in [0.29, 0.717) is 5.56 Å². The van der Waals surface area contributed by atoms with Gasteiger partial charge >= 0.3 is 0 Å². The second kappa shape index (κ2) is 4.05. The number of halogens is 3. The summed E-state index contributed by atoms with van der Waals surface area (Å²) in [5.41, 5.74) is 0.480. The summed E-state index contributed by atoms with van der Waals surface area (Å²) in [4.78, 5) is 0. The number of hydrogen-bond donors (Lipinski definition) is 0. The Labute approximate surface area is 81.5 Å². The fourth-order valence-corrected chi connectivity index (χ4v) is 1.31. The molecular formula is C10H11ClF2. The van der Waals surface area contributed by atoms with E-state index in [1.165, 1.54) is 12.1 Å². The van der Waals surface area contributed by atoms with Crippen LogP contribution in [0.2, 0.25) is 5.02 Å². The first kappa shape index (κ1) is 10.5. The fourth-order valence-electron chi connectivity index (χ4n) is 1.14. The molecule has 1 aromatic rings. The van der Waals surface area contributed by atoms with Crippen LogP contribution in [0.5, 0.6) is 0 Å². The summed E-state index contributed by atoms with van der Waals surface area (Å²) in [5, 5.41) is -0.405. The lowest BCUT2D eigenvalue weighted by molar-refractivity contribution is 0.557. The minimum Gasteiger partial charge on any atom is -0.205 e. The van der Waals surface area contributed by atoms with Gasteiger partial charge in [0.15, 0.2) is 0 Å². The van der Waals surface area contributed by atoms with Gasteiger partial charge in [0.25, 0.3) is 0 Å². The SMILES string of the molecule is CCC(C)c1ccc(F)c(Cl)c1F. The Kier molecular flexibility index (Phi) is 3.26. The van der Waals surface area contributed by atoms with Crippen molar-refractivity contribution >= 4 is 11.6 Å². The second-order valence-corrected chi connectivity index (χ2v) is 3.45. The summed E-state index contributed by atoms with van der Waals surface area (Å²) < 4.78 is 26.1. The molecule has 0 spiro atoms. The Hall–Kier alpha value is -0.630. The molecule has 0 aliphatic rings. The van der Waals surface area contributed by atoms with Crippen LogP contribution in [0.25, 0.3) is 0 Å². The molecule has 3 heteroatoms. The molecule has 1 aromatic carbocycles. The van der Waals surface area contributed by atoms with Crippen LogP contribution in [-0.2, 0) is 0 Å².